The lowest BCUT2D eigenvalue weighted by molar-refractivity contribution is 0.0949. The number of carbonyl (C=O) groups is 1. The van der Waals surface area contributed by atoms with Gasteiger partial charge < -0.3 is 14.5 Å². The SMILES string of the molecule is Cn1ccnc1CNC(=O)c1cnc2c(c1)ncn2CCc1ccccc1. The van der Waals surface area contributed by atoms with Crippen molar-refractivity contribution in [3.05, 3.63) is 78.3 Å². The molecular weight excluding hydrogens is 340 g/mol. The van der Waals surface area contributed by atoms with Gasteiger partial charge in [-0.25, -0.2) is 15.0 Å². The summed E-state index contributed by atoms with van der Waals surface area (Å²) in [6.45, 7) is 1.16. The first kappa shape index (κ1) is 17.0. The van der Waals surface area contributed by atoms with Gasteiger partial charge in [0.15, 0.2) is 5.65 Å². The predicted octanol–water partition coefficient (Wildman–Crippen LogP) is 2.34. The Morgan fingerprint density at radius 1 is 1.15 bits per heavy atom. The largest absolute Gasteiger partial charge is 0.345 e. The molecule has 0 unspecified atom stereocenters. The van der Waals surface area contributed by atoms with Gasteiger partial charge in [0.1, 0.15) is 11.3 Å². The zero-order chi connectivity index (χ0) is 18.6. The van der Waals surface area contributed by atoms with Crippen LogP contribution in [0.2, 0.25) is 0 Å². The highest BCUT2D eigenvalue weighted by atomic mass is 16.1. The number of benzene rings is 1. The standard InChI is InChI=1S/C20H20N6O/c1-25-10-8-21-18(25)13-23-20(27)16-11-17-19(22-12-16)26(14-24-17)9-7-15-5-3-2-4-6-15/h2-6,8,10-12,14H,7,9,13H2,1H3,(H,23,27). The average Bonchev–Trinajstić information content (AvgIpc) is 3.30. The predicted molar refractivity (Wildman–Crippen MR) is 102 cm³/mol. The van der Waals surface area contributed by atoms with Crippen molar-refractivity contribution in [1.29, 1.82) is 0 Å². The molecule has 1 N–H and O–H groups in total. The maximum absolute atomic E-state index is 12.4. The molecule has 0 radical (unpaired) electrons. The lowest BCUT2D eigenvalue weighted by Crippen LogP contribution is -2.24. The molecule has 7 nitrogen and oxygen atoms in total. The summed E-state index contributed by atoms with van der Waals surface area (Å²) >= 11 is 0. The third-order valence-corrected chi connectivity index (χ3v) is 4.53. The quantitative estimate of drug-likeness (QED) is 0.572. The highest BCUT2D eigenvalue weighted by Crippen LogP contribution is 2.13. The van der Waals surface area contributed by atoms with E-state index in [1.165, 1.54) is 5.56 Å². The summed E-state index contributed by atoms with van der Waals surface area (Å²) in [5.74, 6) is 0.605. The van der Waals surface area contributed by atoms with Gasteiger partial charge in [0, 0.05) is 32.2 Å². The number of nitrogens with one attached hydrogen (secondary N) is 1. The van der Waals surface area contributed by atoms with E-state index in [1.54, 1.807) is 24.8 Å². The second-order valence-electron chi connectivity index (χ2n) is 6.38. The van der Waals surface area contributed by atoms with Crippen LogP contribution in [0, 0.1) is 0 Å². The molecule has 0 saturated heterocycles. The van der Waals surface area contributed by atoms with Crippen LogP contribution in [-0.2, 0) is 26.6 Å². The molecule has 27 heavy (non-hydrogen) atoms. The molecule has 3 aromatic heterocycles. The number of nitrogens with zero attached hydrogens (tertiary/aromatic N) is 5. The highest BCUT2D eigenvalue weighted by Gasteiger charge is 2.11. The average molecular weight is 360 g/mol. The van der Waals surface area contributed by atoms with Gasteiger partial charge in [-0.15, -0.1) is 0 Å². The Labute approximate surface area is 156 Å². The Morgan fingerprint density at radius 3 is 2.78 bits per heavy atom. The van der Waals surface area contributed by atoms with Crippen molar-refractivity contribution in [3.63, 3.8) is 0 Å². The molecule has 0 atom stereocenters. The van der Waals surface area contributed by atoms with Gasteiger partial charge in [0.25, 0.3) is 5.91 Å². The van der Waals surface area contributed by atoms with E-state index in [2.05, 4.69) is 32.4 Å². The molecule has 1 aromatic carbocycles. The van der Waals surface area contributed by atoms with E-state index in [0.29, 0.717) is 17.6 Å². The van der Waals surface area contributed by atoms with Crippen molar-refractivity contribution < 1.29 is 4.79 Å². The van der Waals surface area contributed by atoms with Crippen LogP contribution in [0.25, 0.3) is 11.2 Å². The maximum atomic E-state index is 12.4. The first-order chi connectivity index (χ1) is 13.2. The topological polar surface area (TPSA) is 77.6 Å². The van der Waals surface area contributed by atoms with E-state index in [0.717, 1.165) is 24.4 Å². The molecule has 1 amide bonds. The number of carbonyl (C=O) groups excluding carboxylic acids is 1. The summed E-state index contributed by atoms with van der Waals surface area (Å²) < 4.78 is 3.88. The molecule has 0 aliphatic rings. The molecule has 0 saturated carbocycles. The summed E-state index contributed by atoms with van der Waals surface area (Å²) in [5.41, 5.74) is 3.26. The zero-order valence-corrected chi connectivity index (χ0v) is 15.0. The number of amides is 1. The Morgan fingerprint density at radius 2 is 2.00 bits per heavy atom. The van der Waals surface area contributed by atoms with Crippen molar-refractivity contribution in [2.75, 3.05) is 0 Å². The molecule has 136 valence electrons. The lowest BCUT2D eigenvalue weighted by atomic mass is 10.1. The molecule has 0 aliphatic heterocycles. The fourth-order valence-electron chi connectivity index (χ4n) is 2.96. The van der Waals surface area contributed by atoms with Crippen LogP contribution in [-0.4, -0.2) is 30.0 Å². The van der Waals surface area contributed by atoms with Gasteiger partial charge in [-0.05, 0) is 18.1 Å². The van der Waals surface area contributed by atoms with Gasteiger partial charge in [0.2, 0.25) is 0 Å². The normalized spacial score (nSPS) is 11.0. The van der Waals surface area contributed by atoms with Gasteiger partial charge >= 0.3 is 0 Å². The van der Waals surface area contributed by atoms with Crippen LogP contribution >= 0.6 is 0 Å². The monoisotopic (exact) mass is 360 g/mol. The van der Waals surface area contributed by atoms with Crippen LogP contribution in [0.3, 0.4) is 0 Å². The molecule has 7 heteroatoms. The summed E-state index contributed by atoms with van der Waals surface area (Å²) in [5, 5.41) is 2.86. The fourth-order valence-corrected chi connectivity index (χ4v) is 2.96. The van der Waals surface area contributed by atoms with E-state index in [-0.39, 0.29) is 5.91 Å². The lowest BCUT2D eigenvalue weighted by Gasteiger charge is -2.06. The summed E-state index contributed by atoms with van der Waals surface area (Å²) in [4.78, 5) is 25.4. The molecule has 0 fully saturated rings. The number of imidazole rings is 2. The molecule has 0 aliphatic carbocycles. The second-order valence-corrected chi connectivity index (χ2v) is 6.38. The minimum Gasteiger partial charge on any atom is -0.345 e. The van der Waals surface area contributed by atoms with Crippen LogP contribution in [0.1, 0.15) is 21.7 Å². The van der Waals surface area contributed by atoms with E-state index >= 15 is 0 Å². The van der Waals surface area contributed by atoms with Gasteiger partial charge in [-0.2, -0.15) is 0 Å². The number of rotatable bonds is 6. The summed E-state index contributed by atoms with van der Waals surface area (Å²) in [6.07, 6.45) is 7.82. The van der Waals surface area contributed by atoms with Crippen LogP contribution in [0.15, 0.2) is 61.3 Å². The fraction of sp³-hybridized carbons (Fsp3) is 0.200. The molecular formula is C20H20N6O. The Balaban J connectivity index is 1.45. The van der Waals surface area contributed by atoms with Crippen molar-refractivity contribution in [2.24, 2.45) is 7.05 Å². The van der Waals surface area contributed by atoms with Crippen molar-refractivity contribution in [3.8, 4) is 0 Å². The van der Waals surface area contributed by atoms with E-state index in [9.17, 15) is 4.79 Å². The molecule has 3 heterocycles. The number of aromatic nitrogens is 5. The minimum absolute atomic E-state index is 0.189. The van der Waals surface area contributed by atoms with Gasteiger partial charge in [-0.1, -0.05) is 30.3 Å². The maximum Gasteiger partial charge on any atom is 0.253 e. The third kappa shape index (κ3) is 3.72. The number of hydrogen-bond acceptors (Lipinski definition) is 4. The Kier molecular flexibility index (Phi) is 4.65. The number of fused-ring (bicyclic) bond motifs is 1. The zero-order valence-electron chi connectivity index (χ0n) is 15.0. The first-order valence-corrected chi connectivity index (χ1v) is 8.80. The molecule has 4 aromatic rings. The summed E-state index contributed by atoms with van der Waals surface area (Å²) in [7, 11) is 1.89. The molecule has 0 spiro atoms. The smallest absolute Gasteiger partial charge is 0.253 e. The van der Waals surface area contributed by atoms with Crippen LogP contribution < -0.4 is 5.32 Å². The number of hydrogen-bond donors (Lipinski definition) is 1. The van der Waals surface area contributed by atoms with Crippen LogP contribution in [0.5, 0.6) is 0 Å². The van der Waals surface area contributed by atoms with Gasteiger partial charge in [-0.3, -0.25) is 4.79 Å². The van der Waals surface area contributed by atoms with E-state index in [4.69, 9.17) is 0 Å². The number of pyridine rings is 1. The minimum atomic E-state index is -0.189. The Bertz CT molecular complexity index is 1070. The second kappa shape index (κ2) is 7.41. The van der Waals surface area contributed by atoms with Crippen molar-refractivity contribution >= 4 is 17.1 Å². The van der Waals surface area contributed by atoms with Crippen LogP contribution in [0.4, 0.5) is 0 Å². The Hall–Kier alpha value is -3.48. The molecule has 0 bridgehead atoms. The van der Waals surface area contributed by atoms with Gasteiger partial charge in [0.05, 0.1) is 18.4 Å². The third-order valence-electron chi connectivity index (χ3n) is 4.53. The van der Waals surface area contributed by atoms with E-state index < -0.39 is 0 Å². The first-order valence-electron chi connectivity index (χ1n) is 8.80. The van der Waals surface area contributed by atoms with Crippen molar-refractivity contribution in [1.82, 2.24) is 29.4 Å². The molecule has 4 rings (SSSR count). The summed E-state index contributed by atoms with van der Waals surface area (Å²) in [6, 6.07) is 12.1. The highest BCUT2D eigenvalue weighted by molar-refractivity contribution is 5.96. The van der Waals surface area contributed by atoms with Crippen molar-refractivity contribution in [2.45, 2.75) is 19.5 Å². The van der Waals surface area contributed by atoms with E-state index in [1.807, 2.05) is 40.6 Å². The number of aryl methyl sites for hydroxylation is 3.